The van der Waals surface area contributed by atoms with Gasteiger partial charge < -0.3 is 10.1 Å². The molecule has 2 heterocycles. The van der Waals surface area contributed by atoms with Crippen molar-refractivity contribution in [2.24, 2.45) is 0 Å². The van der Waals surface area contributed by atoms with Crippen molar-refractivity contribution in [2.75, 3.05) is 38.6 Å². The number of carbonyl (C=O) groups is 1. The second kappa shape index (κ2) is 10.5. The van der Waals surface area contributed by atoms with E-state index < -0.39 is 16.6 Å². The number of fused-ring (bicyclic) bond motifs is 1. The van der Waals surface area contributed by atoms with Gasteiger partial charge in [-0.05, 0) is 55.6 Å². The molecule has 0 spiro atoms. The lowest BCUT2D eigenvalue weighted by molar-refractivity contribution is -0.0508. The minimum atomic E-state index is -3.54. The largest absolute Gasteiger partial charge is 0.434 e. The van der Waals surface area contributed by atoms with Crippen LogP contribution in [0.4, 0.5) is 19.3 Å². The molecule has 8 nitrogen and oxygen atoms in total. The maximum absolute atomic E-state index is 13.1. The number of halogens is 2. The molecule has 1 N–H and O–H groups in total. The van der Waals surface area contributed by atoms with E-state index in [1.807, 2.05) is 0 Å². The Morgan fingerprint density at radius 2 is 1.97 bits per heavy atom. The lowest BCUT2D eigenvalue weighted by Gasteiger charge is -2.34. The summed E-state index contributed by atoms with van der Waals surface area (Å²) in [6.07, 6.45) is 2.26. The number of ether oxygens (including phenoxy) is 1. The molecule has 1 unspecified atom stereocenters. The van der Waals surface area contributed by atoms with Crippen molar-refractivity contribution < 1.29 is 26.7 Å². The molecule has 0 radical (unpaired) electrons. The zero-order valence-corrected chi connectivity index (χ0v) is 20.6. The number of urea groups is 1. The Hall–Kier alpha value is -2.76. The molecule has 0 bridgehead atoms. The number of nitrogens with zero attached hydrogens (tertiary/aromatic N) is 3. The maximum Gasteiger partial charge on any atom is 0.387 e. The number of amides is 2. The Balaban J connectivity index is 1.39. The van der Waals surface area contributed by atoms with Crippen LogP contribution in [0.25, 0.3) is 0 Å². The molecule has 0 saturated carbocycles. The summed E-state index contributed by atoms with van der Waals surface area (Å²) in [5, 5.41) is 3.09. The highest BCUT2D eigenvalue weighted by atomic mass is 32.2. The minimum absolute atomic E-state index is 0.0862. The zero-order valence-electron chi connectivity index (χ0n) is 19.8. The van der Waals surface area contributed by atoms with E-state index >= 15 is 0 Å². The molecule has 1 saturated heterocycles. The summed E-state index contributed by atoms with van der Waals surface area (Å²) in [7, 11) is -0.570. The SMILES string of the molecule is CN(C)S(=O)(=O)c1ccc2c(c1)CCN2C(=O)NC1CCCN(Cc2ccccc2OC(F)F)C1. The van der Waals surface area contributed by atoms with E-state index in [4.69, 9.17) is 0 Å². The summed E-state index contributed by atoms with van der Waals surface area (Å²) in [4.78, 5) is 17.1. The molecule has 0 aromatic heterocycles. The van der Waals surface area contributed by atoms with Crippen LogP contribution in [0.3, 0.4) is 0 Å². The number of hydrogen-bond acceptors (Lipinski definition) is 5. The smallest absolute Gasteiger partial charge is 0.387 e. The first-order valence-corrected chi connectivity index (χ1v) is 13.0. The summed E-state index contributed by atoms with van der Waals surface area (Å²) >= 11 is 0. The van der Waals surface area contributed by atoms with Gasteiger partial charge in [0.25, 0.3) is 0 Å². The van der Waals surface area contributed by atoms with Crippen LogP contribution in [0.1, 0.15) is 24.0 Å². The number of hydrogen-bond donors (Lipinski definition) is 1. The highest BCUT2D eigenvalue weighted by Gasteiger charge is 2.30. The Morgan fingerprint density at radius 1 is 1.20 bits per heavy atom. The third-order valence-corrected chi connectivity index (χ3v) is 8.20. The molecule has 2 aliphatic heterocycles. The minimum Gasteiger partial charge on any atom is -0.434 e. The normalized spacial score (nSPS) is 18.7. The molecule has 1 fully saturated rings. The van der Waals surface area contributed by atoms with Crippen molar-refractivity contribution >= 4 is 21.7 Å². The summed E-state index contributed by atoms with van der Waals surface area (Å²) in [5.41, 5.74) is 2.21. The monoisotopic (exact) mass is 508 g/mol. The Labute approximate surface area is 204 Å². The van der Waals surface area contributed by atoms with Gasteiger partial charge in [-0.2, -0.15) is 8.78 Å². The standard InChI is InChI=1S/C24H30F2N4O4S/c1-28(2)35(32,33)20-9-10-21-17(14-20)11-13-30(21)24(31)27-19-7-5-12-29(16-19)15-18-6-3-4-8-22(18)34-23(25)26/h3-4,6,8-10,14,19,23H,5,7,11-13,15-16H2,1-2H3,(H,27,31). The predicted molar refractivity (Wildman–Crippen MR) is 128 cm³/mol. The second-order valence-electron chi connectivity index (χ2n) is 8.99. The van der Waals surface area contributed by atoms with Crippen LogP contribution < -0.4 is 15.0 Å². The fourth-order valence-electron chi connectivity index (χ4n) is 4.62. The van der Waals surface area contributed by atoms with Gasteiger partial charge in [0.2, 0.25) is 10.0 Å². The number of alkyl halides is 2. The van der Waals surface area contributed by atoms with Gasteiger partial charge in [0.15, 0.2) is 0 Å². The van der Waals surface area contributed by atoms with Gasteiger partial charge in [-0.3, -0.25) is 9.80 Å². The van der Waals surface area contributed by atoms with Gasteiger partial charge >= 0.3 is 12.6 Å². The van der Waals surface area contributed by atoms with Gasteiger partial charge in [0, 0.05) is 51.0 Å². The predicted octanol–water partition coefficient (Wildman–Crippen LogP) is 3.28. The highest BCUT2D eigenvalue weighted by molar-refractivity contribution is 7.89. The van der Waals surface area contributed by atoms with Crippen LogP contribution in [-0.4, -0.2) is 70.0 Å². The molecule has 2 aromatic carbocycles. The van der Waals surface area contributed by atoms with E-state index in [2.05, 4.69) is 15.0 Å². The number of carbonyl (C=O) groups excluding carboxylic acids is 1. The van der Waals surface area contributed by atoms with E-state index in [-0.39, 0.29) is 22.7 Å². The van der Waals surface area contributed by atoms with Crippen molar-refractivity contribution in [3.63, 3.8) is 0 Å². The van der Waals surface area contributed by atoms with Crippen LogP contribution in [-0.2, 0) is 23.0 Å². The van der Waals surface area contributed by atoms with Crippen molar-refractivity contribution in [1.82, 2.24) is 14.5 Å². The third kappa shape index (κ3) is 5.74. The summed E-state index contributed by atoms with van der Waals surface area (Å²) in [6, 6.07) is 11.3. The molecule has 2 aromatic rings. The van der Waals surface area contributed by atoms with Crippen molar-refractivity contribution in [3.05, 3.63) is 53.6 Å². The Morgan fingerprint density at radius 3 is 2.71 bits per heavy atom. The molecular weight excluding hydrogens is 478 g/mol. The number of para-hydroxylation sites is 1. The van der Waals surface area contributed by atoms with Gasteiger partial charge in [-0.15, -0.1) is 0 Å². The van der Waals surface area contributed by atoms with Crippen molar-refractivity contribution in [1.29, 1.82) is 0 Å². The van der Waals surface area contributed by atoms with E-state index in [9.17, 15) is 22.0 Å². The molecule has 4 rings (SSSR count). The lowest BCUT2D eigenvalue weighted by atomic mass is 10.0. The number of nitrogens with one attached hydrogen (secondary N) is 1. The number of likely N-dealkylation sites (tertiary alicyclic amines) is 1. The van der Waals surface area contributed by atoms with Crippen LogP contribution in [0.2, 0.25) is 0 Å². The van der Waals surface area contributed by atoms with E-state index in [1.54, 1.807) is 35.2 Å². The Kier molecular flexibility index (Phi) is 7.58. The van der Waals surface area contributed by atoms with Gasteiger partial charge in [0.1, 0.15) is 5.75 Å². The lowest BCUT2D eigenvalue weighted by Crippen LogP contribution is -2.51. The average molecular weight is 509 g/mol. The van der Waals surface area contributed by atoms with Crippen LogP contribution in [0.15, 0.2) is 47.4 Å². The van der Waals surface area contributed by atoms with Gasteiger partial charge in [-0.1, -0.05) is 18.2 Å². The quantitative estimate of drug-likeness (QED) is 0.621. The van der Waals surface area contributed by atoms with Crippen molar-refractivity contribution in [3.8, 4) is 5.75 Å². The summed E-state index contributed by atoms with van der Waals surface area (Å²) in [6.45, 7) is -0.570. The van der Waals surface area contributed by atoms with Crippen molar-refractivity contribution in [2.45, 2.75) is 43.4 Å². The van der Waals surface area contributed by atoms with Gasteiger partial charge in [0.05, 0.1) is 4.90 Å². The number of rotatable bonds is 7. The van der Waals surface area contributed by atoms with E-state index in [1.165, 1.54) is 30.5 Å². The fourth-order valence-corrected chi connectivity index (χ4v) is 5.57. The molecule has 0 aliphatic carbocycles. The fraction of sp³-hybridized carbons (Fsp3) is 0.458. The van der Waals surface area contributed by atoms with Crippen LogP contribution >= 0.6 is 0 Å². The van der Waals surface area contributed by atoms with E-state index in [0.717, 1.165) is 24.9 Å². The second-order valence-corrected chi connectivity index (χ2v) is 11.1. The van der Waals surface area contributed by atoms with E-state index in [0.29, 0.717) is 37.3 Å². The highest BCUT2D eigenvalue weighted by Crippen LogP contribution is 2.31. The summed E-state index contributed by atoms with van der Waals surface area (Å²) < 4.78 is 56.1. The zero-order chi connectivity index (χ0) is 25.2. The number of sulfonamides is 1. The molecule has 1 atom stereocenters. The first-order chi connectivity index (χ1) is 16.6. The molecule has 2 aliphatic rings. The maximum atomic E-state index is 13.1. The summed E-state index contributed by atoms with van der Waals surface area (Å²) in [5.74, 6) is 0.165. The number of anilines is 1. The third-order valence-electron chi connectivity index (χ3n) is 6.39. The van der Waals surface area contributed by atoms with Crippen LogP contribution in [0.5, 0.6) is 5.75 Å². The first-order valence-electron chi connectivity index (χ1n) is 11.5. The molecule has 11 heteroatoms. The topological polar surface area (TPSA) is 82.2 Å². The molecule has 190 valence electrons. The van der Waals surface area contributed by atoms with Gasteiger partial charge in [-0.25, -0.2) is 17.5 Å². The first kappa shape index (κ1) is 25.3. The average Bonchev–Trinajstić information content (AvgIpc) is 3.24. The molecular formula is C24H30F2N4O4S. The Bertz CT molecular complexity index is 1180. The van der Waals surface area contributed by atoms with Crippen LogP contribution in [0, 0.1) is 0 Å². The number of benzene rings is 2. The molecule has 2 amide bonds. The number of piperidine rings is 1. The molecule has 35 heavy (non-hydrogen) atoms.